The number of unbranched alkanes of at least 4 members (excludes halogenated alkanes) is 5. The van der Waals surface area contributed by atoms with E-state index in [4.69, 9.17) is 15.2 Å². The number of ether oxygens (including phenoxy) is 2. The third-order valence-corrected chi connectivity index (χ3v) is 16.3. The summed E-state index contributed by atoms with van der Waals surface area (Å²) in [5, 5.41) is 35.3. The molecular weight excluding hydrogens is 1020 g/mol. The first-order chi connectivity index (χ1) is 38.0. The number of nitrogens with two attached hydrogens (primary N) is 1. The van der Waals surface area contributed by atoms with Gasteiger partial charge in [-0.1, -0.05) is 88.9 Å². The van der Waals surface area contributed by atoms with Crippen LogP contribution in [0.1, 0.15) is 116 Å². The van der Waals surface area contributed by atoms with Gasteiger partial charge in [0.25, 0.3) is 0 Å². The van der Waals surface area contributed by atoms with Crippen LogP contribution >= 0.6 is 11.3 Å². The molecule has 5 aromatic rings. The number of thiazole rings is 1. The molecule has 0 bridgehead atoms. The summed E-state index contributed by atoms with van der Waals surface area (Å²) in [6.45, 7) is 15.4. The molecule has 6 N–H and O–H groups in total. The molecule has 0 saturated carbocycles. The monoisotopic (exact) mass is 1100 g/mol. The van der Waals surface area contributed by atoms with E-state index in [0.717, 1.165) is 104 Å². The van der Waals surface area contributed by atoms with Crippen molar-refractivity contribution in [2.75, 3.05) is 69.6 Å². The molecule has 2 aromatic heterocycles. The molecular formula is C60H80N10O8S. The number of nitrogens with zero attached hydrogens (tertiary/aromatic N) is 7. The second-order valence-corrected chi connectivity index (χ2v) is 23.3. The summed E-state index contributed by atoms with van der Waals surface area (Å²) in [6, 6.07) is 22.8. The van der Waals surface area contributed by atoms with Crippen molar-refractivity contribution >= 4 is 46.5 Å². The van der Waals surface area contributed by atoms with Crippen LogP contribution in [0.3, 0.4) is 0 Å². The van der Waals surface area contributed by atoms with Crippen LogP contribution in [0, 0.1) is 12.3 Å². The summed E-state index contributed by atoms with van der Waals surface area (Å²) in [4.78, 5) is 67.7. The Hall–Kier alpha value is -6.83. The zero-order chi connectivity index (χ0) is 56.1. The predicted molar refractivity (Wildman–Crippen MR) is 308 cm³/mol. The number of aliphatic hydroxyl groups is 1. The van der Waals surface area contributed by atoms with Gasteiger partial charge in [0.05, 0.1) is 34.8 Å². The molecule has 1 unspecified atom stereocenters. The standard InChI is InChI=1S/C60H80N10O8S/c1-40(42-23-25-43(26-24-42)55-41(2)62-39-79-55)63-58(75)50-35-45(71)37-70(50)59(76)56(60(3,4)5)64-53(73)21-10-8-6-7-9-11-22-54(74)68-30-28-67(29-31-68)32-33-77-46-17-14-16-44(34-46)69-27-15-18-47(38-69)78-52-36-49(65-66-57(52)61)48-19-12-13-20-51(48)72/h12-14,16-17,19-20,23-26,34,36,39-40,45,47,50,56,71-72H,6-11,15,18,21-22,27-33,35,37-38H2,1-5H3,(H2,61,66)(H,63,75)(H,64,73)/t40-,45+,47?,50-,56+/m0/s1. The van der Waals surface area contributed by atoms with E-state index in [1.54, 1.807) is 35.6 Å². The first kappa shape index (κ1) is 58.3. The molecule has 18 nitrogen and oxygen atoms in total. The number of aliphatic hydroxyl groups excluding tert-OH is 1. The Morgan fingerprint density at radius 1 is 0.861 bits per heavy atom. The molecule has 8 rings (SSSR count). The summed E-state index contributed by atoms with van der Waals surface area (Å²) in [7, 11) is 0. The van der Waals surface area contributed by atoms with E-state index in [1.807, 2.05) is 87.5 Å². The minimum atomic E-state index is -0.874. The summed E-state index contributed by atoms with van der Waals surface area (Å²) in [5.74, 6) is 0.834. The average Bonchev–Trinajstić information content (AvgIpc) is 4.23. The Morgan fingerprint density at radius 3 is 2.32 bits per heavy atom. The topological polar surface area (TPSA) is 229 Å². The number of aromatic nitrogens is 3. The molecule has 79 heavy (non-hydrogen) atoms. The number of hydrogen-bond acceptors (Lipinski definition) is 15. The van der Waals surface area contributed by atoms with Crippen molar-refractivity contribution in [3.8, 4) is 38.9 Å². The number of piperazine rings is 1. The molecule has 3 aliphatic rings. The van der Waals surface area contributed by atoms with Crippen LogP contribution in [0.5, 0.6) is 17.2 Å². The fourth-order valence-corrected chi connectivity index (χ4v) is 11.5. The van der Waals surface area contributed by atoms with Gasteiger partial charge in [-0.15, -0.1) is 21.5 Å². The first-order valence-electron chi connectivity index (χ1n) is 28.2. The fourth-order valence-electron chi connectivity index (χ4n) is 10.7. The van der Waals surface area contributed by atoms with Gasteiger partial charge in [-0.05, 0) is 80.3 Å². The number of benzene rings is 3. The Labute approximate surface area is 469 Å². The van der Waals surface area contributed by atoms with Gasteiger partial charge in [0, 0.05) is 88.5 Å². The minimum absolute atomic E-state index is 0.0177. The number of hydrogen-bond donors (Lipinski definition) is 5. The smallest absolute Gasteiger partial charge is 0.246 e. The zero-order valence-corrected chi connectivity index (χ0v) is 47.4. The second-order valence-electron chi connectivity index (χ2n) is 22.4. The Kier molecular flexibility index (Phi) is 20.2. The van der Waals surface area contributed by atoms with Gasteiger partial charge in [0.1, 0.15) is 42.0 Å². The number of phenols is 1. The molecule has 4 amide bonds. The van der Waals surface area contributed by atoms with E-state index in [2.05, 4.69) is 47.7 Å². The molecule has 5 atom stereocenters. The number of aromatic hydroxyl groups is 1. The van der Waals surface area contributed by atoms with Gasteiger partial charge in [-0.2, -0.15) is 0 Å². The lowest BCUT2D eigenvalue weighted by molar-refractivity contribution is -0.144. The average molecular weight is 1100 g/mol. The lowest BCUT2D eigenvalue weighted by Gasteiger charge is -2.35. The second kappa shape index (κ2) is 27.4. The Bertz CT molecular complexity index is 2830. The van der Waals surface area contributed by atoms with Crippen molar-refractivity contribution in [1.82, 2.24) is 40.5 Å². The van der Waals surface area contributed by atoms with Crippen molar-refractivity contribution in [1.29, 1.82) is 0 Å². The van der Waals surface area contributed by atoms with Crippen LogP contribution in [0.15, 0.2) is 84.4 Å². The molecule has 0 spiro atoms. The van der Waals surface area contributed by atoms with Gasteiger partial charge >= 0.3 is 0 Å². The number of phenolic OH excluding ortho intramolecular Hbond substituents is 1. The number of carbonyl (C=O) groups is 4. The van der Waals surface area contributed by atoms with Crippen LogP contribution in [0.4, 0.5) is 11.5 Å². The number of β-amino-alcohol motifs (C(OH)–C–C–N with tert-alkyl or cyclic N) is 1. The molecule has 3 aliphatic heterocycles. The summed E-state index contributed by atoms with van der Waals surface area (Å²) in [6.07, 6.45) is 7.01. The maximum atomic E-state index is 14.1. The fraction of sp³-hybridized carbons (Fsp3) is 0.517. The first-order valence-corrected chi connectivity index (χ1v) is 29.0. The maximum absolute atomic E-state index is 14.1. The molecule has 3 aromatic carbocycles. The Balaban J connectivity index is 0.679. The van der Waals surface area contributed by atoms with Crippen LogP contribution in [0.25, 0.3) is 21.7 Å². The molecule has 3 fully saturated rings. The lowest BCUT2D eigenvalue weighted by atomic mass is 9.85. The molecule has 5 heterocycles. The summed E-state index contributed by atoms with van der Waals surface area (Å²) in [5.41, 5.74) is 12.4. The number of piperidine rings is 1. The van der Waals surface area contributed by atoms with E-state index < -0.39 is 23.6 Å². The largest absolute Gasteiger partial charge is 0.507 e. The highest BCUT2D eigenvalue weighted by Crippen LogP contribution is 2.34. The van der Waals surface area contributed by atoms with Gasteiger partial charge in [-0.25, -0.2) is 4.98 Å². The zero-order valence-electron chi connectivity index (χ0n) is 46.6. The molecule has 19 heteroatoms. The SMILES string of the molecule is Cc1ncsc1-c1ccc([C@H](C)NC(=O)[C@@H]2C[C@@H](O)CN2C(=O)[C@@H](NC(=O)CCCCCCCCC(=O)N2CCN(CCOc3cccc(N4CCCC(Oc5cc(-c6ccccc6O)nnc5N)C4)c3)CC2)C(C)(C)C)cc1. The van der Waals surface area contributed by atoms with Crippen molar-refractivity contribution in [3.63, 3.8) is 0 Å². The van der Waals surface area contributed by atoms with E-state index in [0.29, 0.717) is 56.1 Å². The van der Waals surface area contributed by atoms with Gasteiger partial charge in [0.2, 0.25) is 23.6 Å². The molecule has 0 radical (unpaired) electrons. The van der Waals surface area contributed by atoms with Crippen molar-refractivity contribution in [3.05, 3.63) is 95.6 Å². The summed E-state index contributed by atoms with van der Waals surface area (Å²) < 4.78 is 12.6. The highest BCUT2D eigenvalue weighted by molar-refractivity contribution is 7.13. The van der Waals surface area contributed by atoms with Crippen LogP contribution in [-0.4, -0.2) is 147 Å². The number of anilines is 2. The number of likely N-dealkylation sites (tertiary alicyclic amines) is 1. The number of aryl methyl sites for hydroxylation is 1. The van der Waals surface area contributed by atoms with Gasteiger partial charge in [0.15, 0.2) is 11.6 Å². The maximum Gasteiger partial charge on any atom is 0.246 e. The quantitative estimate of drug-likeness (QED) is 0.0392. The van der Waals surface area contributed by atoms with Crippen molar-refractivity contribution in [2.45, 2.75) is 136 Å². The number of amides is 4. The van der Waals surface area contributed by atoms with E-state index >= 15 is 0 Å². The van der Waals surface area contributed by atoms with Gasteiger partial charge < -0.3 is 50.8 Å². The highest BCUT2D eigenvalue weighted by Gasteiger charge is 2.45. The van der Waals surface area contributed by atoms with Gasteiger partial charge in [-0.3, -0.25) is 24.1 Å². The molecule has 3 saturated heterocycles. The van der Waals surface area contributed by atoms with E-state index in [-0.39, 0.29) is 66.7 Å². The normalized spacial score (nSPS) is 18.7. The summed E-state index contributed by atoms with van der Waals surface area (Å²) >= 11 is 1.58. The van der Waals surface area contributed by atoms with E-state index in [9.17, 15) is 29.4 Å². The molecule has 0 aliphatic carbocycles. The molecule has 424 valence electrons. The predicted octanol–water partition coefficient (Wildman–Crippen LogP) is 7.93. The van der Waals surface area contributed by atoms with Crippen LogP contribution < -0.4 is 30.7 Å². The number of para-hydroxylation sites is 1. The number of rotatable bonds is 23. The van der Waals surface area contributed by atoms with Crippen molar-refractivity contribution < 1.29 is 38.9 Å². The third-order valence-electron chi connectivity index (χ3n) is 15.3. The third kappa shape index (κ3) is 15.9. The van der Waals surface area contributed by atoms with Crippen LogP contribution in [-0.2, 0) is 19.2 Å². The minimum Gasteiger partial charge on any atom is -0.507 e. The highest BCUT2D eigenvalue weighted by atomic mass is 32.1. The lowest BCUT2D eigenvalue weighted by Crippen LogP contribution is -2.57. The van der Waals surface area contributed by atoms with Crippen molar-refractivity contribution in [2.24, 2.45) is 5.41 Å². The Morgan fingerprint density at radius 2 is 1.59 bits per heavy atom. The number of nitrogens with one attached hydrogen (secondary N) is 2. The van der Waals surface area contributed by atoms with Crippen LogP contribution in [0.2, 0.25) is 0 Å². The number of nitrogen functional groups attached to an aromatic ring is 1. The van der Waals surface area contributed by atoms with E-state index in [1.165, 1.54) is 4.90 Å². The number of carbonyl (C=O) groups excluding carboxylic acids is 4.